The van der Waals surface area contributed by atoms with Crippen LogP contribution in [-0.4, -0.2) is 36.0 Å². The van der Waals surface area contributed by atoms with E-state index >= 15 is 0 Å². The van der Waals surface area contributed by atoms with Crippen LogP contribution in [-0.2, 0) is 0 Å². The molecule has 0 aliphatic carbocycles. The van der Waals surface area contributed by atoms with E-state index in [-0.39, 0.29) is 23.0 Å². The topological polar surface area (TPSA) is 52.7 Å². The Kier molecular flexibility index (Phi) is 4.98. The molecule has 0 bridgehead atoms. The van der Waals surface area contributed by atoms with Gasteiger partial charge >= 0.3 is 0 Å². The molecule has 1 N–H and O–H groups in total. The van der Waals surface area contributed by atoms with Crippen LogP contribution in [0.25, 0.3) is 0 Å². The van der Waals surface area contributed by atoms with Gasteiger partial charge in [0.25, 0.3) is 11.8 Å². The monoisotopic (exact) mass is 401 g/mol. The molecule has 2 heterocycles. The third kappa shape index (κ3) is 3.22. The van der Waals surface area contributed by atoms with Crippen LogP contribution in [0, 0.1) is 5.82 Å². The second-order valence-corrected chi connectivity index (χ2v) is 7.48. The quantitative estimate of drug-likeness (QED) is 0.822. The Morgan fingerprint density at radius 1 is 1.25 bits per heavy atom. The molecule has 0 spiro atoms. The molecule has 2 aromatic rings. The van der Waals surface area contributed by atoms with Gasteiger partial charge in [-0.3, -0.25) is 9.59 Å². The number of piperidine rings is 1. The summed E-state index contributed by atoms with van der Waals surface area (Å²) in [5, 5.41) is 2.68. The van der Waals surface area contributed by atoms with Crippen molar-refractivity contribution in [1.29, 1.82) is 0 Å². The molecule has 2 aromatic carbocycles. The molecule has 1 saturated heterocycles. The highest BCUT2D eigenvalue weighted by Crippen LogP contribution is 2.35. The molecule has 7 heteroatoms. The Balaban J connectivity index is 1.65. The van der Waals surface area contributed by atoms with E-state index < -0.39 is 5.82 Å². The molecule has 2 aliphatic rings. The molecular weight excluding hydrogens is 381 g/mol. The molecule has 0 saturated carbocycles. The summed E-state index contributed by atoms with van der Waals surface area (Å²) in [6.45, 7) is 3.56. The standard InChI is InChI=1S/C21H21ClFN3O2/c1-2-25-18-11-13(20(27)24-14-7-9-16(22)17(23)12-14)6-8-15(18)21(28)26-10-4-3-5-19(25)26/h6-9,11-12,19H,2-5,10H2,1H3,(H,24,27)/t19-/m0/s1. The van der Waals surface area contributed by atoms with Crippen LogP contribution in [0.2, 0.25) is 5.02 Å². The zero-order valence-corrected chi connectivity index (χ0v) is 16.3. The number of fused-ring (bicyclic) bond motifs is 2. The van der Waals surface area contributed by atoms with Crippen molar-refractivity contribution in [3.8, 4) is 0 Å². The SMILES string of the molecule is CCN1c2cc(C(=O)Nc3ccc(Cl)c(F)c3)ccc2C(=O)N2CCCC[C@H]21. The number of benzene rings is 2. The lowest BCUT2D eigenvalue weighted by molar-refractivity contribution is 0.0582. The first-order valence-electron chi connectivity index (χ1n) is 9.47. The minimum absolute atomic E-state index is 0.000848. The summed E-state index contributed by atoms with van der Waals surface area (Å²) in [4.78, 5) is 29.7. The highest BCUT2D eigenvalue weighted by molar-refractivity contribution is 6.30. The van der Waals surface area contributed by atoms with Crippen LogP contribution >= 0.6 is 11.6 Å². The van der Waals surface area contributed by atoms with Crippen LogP contribution in [0.4, 0.5) is 15.8 Å². The second-order valence-electron chi connectivity index (χ2n) is 7.08. The predicted molar refractivity (Wildman–Crippen MR) is 108 cm³/mol. The third-order valence-corrected chi connectivity index (χ3v) is 5.72. The average Bonchev–Trinajstić information content (AvgIpc) is 2.71. The molecule has 2 amide bonds. The maximum Gasteiger partial charge on any atom is 0.257 e. The number of carbonyl (C=O) groups excluding carboxylic acids is 2. The number of nitrogens with one attached hydrogen (secondary N) is 1. The van der Waals surface area contributed by atoms with Gasteiger partial charge < -0.3 is 15.1 Å². The smallest absolute Gasteiger partial charge is 0.257 e. The lowest BCUT2D eigenvalue weighted by atomic mass is 9.97. The van der Waals surface area contributed by atoms with Crippen molar-refractivity contribution < 1.29 is 14.0 Å². The van der Waals surface area contributed by atoms with E-state index in [1.807, 2.05) is 4.90 Å². The van der Waals surface area contributed by atoms with Crippen molar-refractivity contribution >= 4 is 34.8 Å². The van der Waals surface area contributed by atoms with Crippen molar-refractivity contribution in [1.82, 2.24) is 4.90 Å². The number of hydrogen-bond acceptors (Lipinski definition) is 3. The van der Waals surface area contributed by atoms with Crippen LogP contribution in [0.1, 0.15) is 46.9 Å². The first-order valence-corrected chi connectivity index (χ1v) is 9.85. The molecule has 5 nitrogen and oxygen atoms in total. The zero-order chi connectivity index (χ0) is 19.8. The first-order chi connectivity index (χ1) is 13.5. The maximum absolute atomic E-state index is 13.6. The zero-order valence-electron chi connectivity index (χ0n) is 15.5. The fourth-order valence-electron chi connectivity index (χ4n) is 4.04. The lowest BCUT2D eigenvalue weighted by Gasteiger charge is -2.47. The number of nitrogens with zero attached hydrogens (tertiary/aromatic N) is 2. The van der Waals surface area contributed by atoms with Gasteiger partial charge in [0.2, 0.25) is 0 Å². The molecule has 1 fully saturated rings. The molecule has 1 atom stereocenters. The summed E-state index contributed by atoms with van der Waals surface area (Å²) >= 11 is 5.69. The van der Waals surface area contributed by atoms with Gasteiger partial charge in [-0.2, -0.15) is 0 Å². The Morgan fingerprint density at radius 2 is 2.07 bits per heavy atom. The lowest BCUT2D eigenvalue weighted by Crippen LogP contribution is -2.57. The van der Waals surface area contributed by atoms with Crippen molar-refractivity contribution in [3.05, 3.63) is 58.4 Å². The summed E-state index contributed by atoms with van der Waals surface area (Å²) < 4.78 is 13.6. The number of halogens is 2. The van der Waals surface area contributed by atoms with Gasteiger partial charge in [0.15, 0.2) is 0 Å². The molecule has 2 aliphatic heterocycles. The van der Waals surface area contributed by atoms with Gasteiger partial charge in [0.05, 0.1) is 16.3 Å². The minimum atomic E-state index is -0.593. The Labute approximate surface area is 168 Å². The molecular formula is C21H21ClFN3O2. The van der Waals surface area contributed by atoms with Crippen molar-refractivity contribution in [3.63, 3.8) is 0 Å². The molecule has 28 heavy (non-hydrogen) atoms. The normalized spacial score (nSPS) is 18.5. The van der Waals surface area contributed by atoms with Crippen LogP contribution in [0.15, 0.2) is 36.4 Å². The minimum Gasteiger partial charge on any atom is -0.351 e. The van der Waals surface area contributed by atoms with Gasteiger partial charge in [-0.25, -0.2) is 4.39 Å². The number of carbonyl (C=O) groups is 2. The van der Waals surface area contributed by atoms with E-state index in [2.05, 4.69) is 17.1 Å². The summed E-state index contributed by atoms with van der Waals surface area (Å²) in [5.41, 5.74) is 2.15. The van der Waals surface area contributed by atoms with Crippen LogP contribution in [0.3, 0.4) is 0 Å². The van der Waals surface area contributed by atoms with Crippen molar-refractivity contribution in [2.75, 3.05) is 23.3 Å². The van der Waals surface area contributed by atoms with Gasteiger partial charge in [0.1, 0.15) is 12.0 Å². The fraction of sp³-hybridized carbons (Fsp3) is 0.333. The van der Waals surface area contributed by atoms with E-state index in [0.717, 1.165) is 38.0 Å². The van der Waals surface area contributed by atoms with E-state index in [1.54, 1.807) is 24.3 Å². The molecule has 0 radical (unpaired) electrons. The Bertz CT molecular complexity index is 949. The van der Waals surface area contributed by atoms with Gasteiger partial charge in [-0.05, 0) is 62.6 Å². The number of amides is 2. The van der Waals surface area contributed by atoms with Crippen LogP contribution < -0.4 is 10.2 Å². The fourth-order valence-corrected chi connectivity index (χ4v) is 4.16. The van der Waals surface area contributed by atoms with Crippen molar-refractivity contribution in [2.24, 2.45) is 0 Å². The van der Waals surface area contributed by atoms with E-state index in [4.69, 9.17) is 11.6 Å². The van der Waals surface area contributed by atoms with E-state index in [9.17, 15) is 14.0 Å². The summed E-state index contributed by atoms with van der Waals surface area (Å²) in [5.74, 6) is -0.930. The molecule has 146 valence electrons. The Morgan fingerprint density at radius 3 is 2.82 bits per heavy atom. The van der Waals surface area contributed by atoms with E-state index in [0.29, 0.717) is 16.8 Å². The second kappa shape index (κ2) is 7.43. The predicted octanol–water partition coefficient (Wildman–Crippen LogP) is 4.52. The number of hydrogen-bond donors (Lipinski definition) is 1. The highest BCUT2D eigenvalue weighted by Gasteiger charge is 2.38. The van der Waals surface area contributed by atoms with Gasteiger partial charge in [-0.1, -0.05) is 11.6 Å². The first kappa shape index (κ1) is 18.7. The molecule has 0 unspecified atom stereocenters. The van der Waals surface area contributed by atoms with E-state index in [1.165, 1.54) is 12.1 Å². The molecule has 0 aromatic heterocycles. The maximum atomic E-state index is 13.6. The summed E-state index contributed by atoms with van der Waals surface area (Å²) in [6.07, 6.45) is 3.08. The number of rotatable bonds is 3. The largest absolute Gasteiger partial charge is 0.351 e. The Hall–Kier alpha value is -2.60. The summed E-state index contributed by atoms with van der Waals surface area (Å²) in [6, 6.07) is 9.22. The van der Waals surface area contributed by atoms with Gasteiger partial charge in [-0.15, -0.1) is 0 Å². The highest BCUT2D eigenvalue weighted by atomic mass is 35.5. The van der Waals surface area contributed by atoms with Crippen molar-refractivity contribution in [2.45, 2.75) is 32.4 Å². The average molecular weight is 402 g/mol. The number of anilines is 2. The van der Waals surface area contributed by atoms with Crippen LogP contribution in [0.5, 0.6) is 0 Å². The third-order valence-electron chi connectivity index (χ3n) is 5.41. The summed E-state index contributed by atoms with van der Waals surface area (Å²) in [7, 11) is 0. The van der Waals surface area contributed by atoms with Gasteiger partial charge in [0, 0.05) is 24.3 Å². The molecule has 4 rings (SSSR count).